The van der Waals surface area contributed by atoms with Crippen molar-refractivity contribution < 1.29 is 14.7 Å². The Balaban J connectivity index is 1.98. The van der Waals surface area contributed by atoms with Crippen molar-refractivity contribution in [2.24, 2.45) is 0 Å². The standard InChI is InChI=1S/C17H15NO3/c1-17(16(20)21)14(12-8-4-2-5-9-12)18(17)15(19)13-10-6-3-7-11-13/h2-11,14H,1H3,(H,20,21)/t14-,17+,18?/m1/s1. The number of carboxylic acids is 1. The van der Waals surface area contributed by atoms with Gasteiger partial charge in [0.1, 0.15) is 0 Å². The van der Waals surface area contributed by atoms with Crippen LogP contribution in [0.25, 0.3) is 0 Å². The monoisotopic (exact) mass is 281 g/mol. The number of hydrogen-bond donors (Lipinski definition) is 1. The van der Waals surface area contributed by atoms with Gasteiger partial charge in [-0.05, 0) is 24.6 Å². The van der Waals surface area contributed by atoms with Gasteiger partial charge in [-0.3, -0.25) is 4.79 Å². The van der Waals surface area contributed by atoms with Crippen molar-refractivity contribution in [3.8, 4) is 0 Å². The minimum atomic E-state index is -1.19. The van der Waals surface area contributed by atoms with Crippen molar-refractivity contribution in [2.45, 2.75) is 18.5 Å². The Morgan fingerprint density at radius 1 is 1.00 bits per heavy atom. The summed E-state index contributed by atoms with van der Waals surface area (Å²) in [6.07, 6.45) is 0. The molecular weight excluding hydrogens is 266 g/mol. The van der Waals surface area contributed by atoms with Gasteiger partial charge in [0.05, 0.1) is 6.04 Å². The molecule has 1 amide bonds. The zero-order valence-electron chi connectivity index (χ0n) is 11.6. The molecule has 0 radical (unpaired) electrons. The maximum Gasteiger partial charge on any atom is 0.331 e. The van der Waals surface area contributed by atoms with E-state index in [4.69, 9.17) is 0 Å². The first-order chi connectivity index (χ1) is 10.1. The highest BCUT2D eigenvalue weighted by molar-refractivity contribution is 6.02. The molecule has 0 unspecified atom stereocenters. The Bertz CT molecular complexity index is 684. The summed E-state index contributed by atoms with van der Waals surface area (Å²) in [6, 6.07) is 17.6. The van der Waals surface area contributed by atoms with E-state index in [0.29, 0.717) is 5.56 Å². The first-order valence-electron chi connectivity index (χ1n) is 6.74. The summed E-state index contributed by atoms with van der Waals surface area (Å²) in [6.45, 7) is 1.59. The molecule has 0 bridgehead atoms. The van der Waals surface area contributed by atoms with E-state index in [1.165, 1.54) is 4.90 Å². The Labute approximate surface area is 122 Å². The second-order valence-electron chi connectivity index (χ2n) is 5.31. The van der Waals surface area contributed by atoms with Crippen LogP contribution < -0.4 is 0 Å². The number of carboxylic acid groups (broad SMARTS) is 1. The molecule has 4 nitrogen and oxygen atoms in total. The molecule has 1 aliphatic heterocycles. The fourth-order valence-electron chi connectivity index (χ4n) is 2.77. The molecule has 2 aromatic rings. The maximum absolute atomic E-state index is 12.6. The highest BCUT2D eigenvalue weighted by Gasteiger charge is 2.68. The van der Waals surface area contributed by atoms with Gasteiger partial charge in [0.2, 0.25) is 0 Å². The smallest absolute Gasteiger partial charge is 0.331 e. The summed E-state index contributed by atoms with van der Waals surface area (Å²) in [5, 5.41) is 9.52. The average Bonchev–Trinajstić information content (AvgIpc) is 3.16. The molecule has 0 aromatic heterocycles. The molecule has 1 fully saturated rings. The number of nitrogens with zero attached hydrogens (tertiary/aromatic N) is 1. The van der Waals surface area contributed by atoms with Crippen molar-refractivity contribution in [2.75, 3.05) is 0 Å². The number of benzene rings is 2. The highest BCUT2D eigenvalue weighted by Crippen LogP contribution is 2.54. The molecule has 106 valence electrons. The van der Waals surface area contributed by atoms with E-state index in [1.54, 1.807) is 31.2 Å². The minimum Gasteiger partial charge on any atom is -0.479 e. The van der Waals surface area contributed by atoms with E-state index in [1.807, 2.05) is 36.4 Å². The summed E-state index contributed by atoms with van der Waals surface area (Å²) in [5.41, 5.74) is 0.156. The number of carbonyl (C=O) groups excluding carboxylic acids is 1. The number of aliphatic carboxylic acids is 1. The largest absolute Gasteiger partial charge is 0.479 e. The van der Waals surface area contributed by atoms with E-state index in [2.05, 4.69) is 0 Å². The molecule has 0 spiro atoms. The summed E-state index contributed by atoms with van der Waals surface area (Å²) in [7, 11) is 0. The van der Waals surface area contributed by atoms with Crippen LogP contribution in [0.4, 0.5) is 0 Å². The van der Waals surface area contributed by atoms with Gasteiger partial charge in [-0.2, -0.15) is 0 Å². The summed E-state index contributed by atoms with van der Waals surface area (Å²) in [4.78, 5) is 25.6. The zero-order valence-corrected chi connectivity index (χ0v) is 11.6. The SMILES string of the molecule is C[C@@]1(C(=O)O)[C@@H](c2ccccc2)N1C(=O)c1ccccc1. The maximum atomic E-state index is 12.6. The Morgan fingerprint density at radius 3 is 2.05 bits per heavy atom. The van der Waals surface area contributed by atoms with E-state index in [9.17, 15) is 14.7 Å². The third-order valence-corrected chi connectivity index (χ3v) is 4.01. The third kappa shape index (κ3) is 2.00. The van der Waals surface area contributed by atoms with Crippen molar-refractivity contribution in [3.63, 3.8) is 0 Å². The Kier molecular flexibility index (Phi) is 3.01. The molecule has 1 heterocycles. The molecule has 0 saturated carbocycles. The number of carbonyl (C=O) groups is 2. The predicted molar refractivity (Wildman–Crippen MR) is 77.8 cm³/mol. The van der Waals surface area contributed by atoms with E-state index in [0.717, 1.165) is 5.56 Å². The zero-order chi connectivity index (χ0) is 15.0. The van der Waals surface area contributed by atoms with Crippen LogP contribution in [0.2, 0.25) is 0 Å². The Morgan fingerprint density at radius 2 is 1.52 bits per heavy atom. The molecular formula is C17H15NO3. The van der Waals surface area contributed by atoms with Gasteiger partial charge in [0.15, 0.2) is 5.54 Å². The van der Waals surface area contributed by atoms with Crippen LogP contribution in [0.15, 0.2) is 60.7 Å². The minimum absolute atomic E-state index is 0.255. The van der Waals surface area contributed by atoms with Crippen LogP contribution >= 0.6 is 0 Å². The van der Waals surface area contributed by atoms with E-state index < -0.39 is 17.6 Å². The topological polar surface area (TPSA) is 57.4 Å². The van der Waals surface area contributed by atoms with Gasteiger partial charge in [-0.15, -0.1) is 0 Å². The molecule has 1 saturated heterocycles. The van der Waals surface area contributed by atoms with Crippen molar-refractivity contribution in [3.05, 3.63) is 71.8 Å². The lowest BCUT2D eigenvalue weighted by molar-refractivity contribution is -0.140. The molecule has 2 atom stereocenters. The molecule has 0 aliphatic carbocycles. The normalized spacial score (nSPS) is 23.7. The molecule has 4 heteroatoms. The molecule has 3 rings (SSSR count). The van der Waals surface area contributed by atoms with E-state index in [-0.39, 0.29) is 5.91 Å². The van der Waals surface area contributed by atoms with Gasteiger partial charge < -0.3 is 10.0 Å². The van der Waals surface area contributed by atoms with Crippen molar-refractivity contribution in [1.29, 1.82) is 0 Å². The molecule has 21 heavy (non-hydrogen) atoms. The van der Waals surface area contributed by atoms with Crippen molar-refractivity contribution >= 4 is 11.9 Å². The fourth-order valence-corrected chi connectivity index (χ4v) is 2.77. The molecule has 1 N–H and O–H groups in total. The lowest BCUT2D eigenvalue weighted by atomic mass is 10.0. The second kappa shape index (κ2) is 4.74. The van der Waals surface area contributed by atoms with Crippen LogP contribution in [0, 0.1) is 0 Å². The molecule has 2 aromatic carbocycles. The Hall–Kier alpha value is -2.62. The van der Waals surface area contributed by atoms with Gasteiger partial charge >= 0.3 is 5.97 Å². The fraction of sp³-hybridized carbons (Fsp3) is 0.176. The molecule has 1 aliphatic rings. The summed E-state index contributed by atoms with van der Waals surface area (Å²) < 4.78 is 0. The van der Waals surface area contributed by atoms with Gasteiger partial charge in [-0.25, -0.2) is 4.79 Å². The van der Waals surface area contributed by atoms with Crippen LogP contribution in [-0.4, -0.2) is 27.4 Å². The van der Waals surface area contributed by atoms with Gasteiger partial charge in [0, 0.05) is 5.56 Å². The average molecular weight is 281 g/mol. The summed E-state index contributed by atoms with van der Waals surface area (Å²) >= 11 is 0. The first kappa shape index (κ1) is 13.4. The number of rotatable bonds is 3. The third-order valence-electron chi connectivity index (χ3n) is 4.01. The quantitative estimate of drug-likeness (QED) is 0.880. The van der Waals surface area contributed by atoms with Crippen LogP contribution in [0.1, 0.15) is 28.9 Å². The van der Waals surface area contributed by atoms with E-state index >= 15 is 0 Å². The van der Waals surface area contributed by atoms with Crippen LogP contribution in [0.5, 0.6) is 0 Å². The second-order valence-corrected chi connectivity index (χ2v) is 5.31. The number of hydrogen-bond acceptors (Lipinski definition) is 2. The van der Waals surface area contributed by atoms with Crippen molar-refractivity contribution in [1.82, 2.24) is 4.90 Å². The van der Waals surface area contributed by atoms with Crippen LogP contribution in [0.3, 0.4) is 0 Å². The highest BCUT2D eigenvalue weighted by atomic mass is 16.4. The van der Waals surface area contributed by atoms with Gasteiger partial charge in [0.25, 0.3) is 5.91 Å². The van der Waals surface area contributed by atoms with Gasteiger partial charge in [-0.1, -0.05) is 48.5 Å². The first-order valence-corrected chi connectivity index (χ1v) is 6.74. The lowest BCUT2D eigenvalue weighted by Gasteiger charge is -2.07. The predicted octanol–water partition coefficient (Wildman–Crippen LogP) is 2.73. The number of amides is 1. The summed E-state index contributed by atoms with van der Waals surface area (Å²) in [5.74, 6) is -1.24. The van der Waals surface area contributed by atoms with Crippen LogP contribution in [-0.2, 0) is 4.79 Å². The lowest BCUT2D eigenvalue weighted by Crippen LogP contribution is -2.28.